The molecule has 1 aliphatic heterocycles. The molecule has 1 N–H and O–H groups in total. The van der Waals surface area contributed by atoms with Gasteiger partial charge in [-0.25, -0.2) is 0 Å². The maximum absolute atomic E-state index is 13.3. The number of hydrogen-bond acceptors (Lipinski definition) is 4. The molecule has 0 bridgehead atoms. The van der Waals surface area contributed by atoms with Crippen molar-refractivity contribution in [2.75, 3.05) is 13.1 Å². The van der Waals surface area contributed by atoms with Crippen LogP contribution in [0.3, 0.4) is 0 Å². The molecule has 1 aromatic carbocycles. The monoisotopic (exact) mass is 473 g/mol. The smallest absolute Gasteiger partial charge is 0.242 e. The third kappa shape index (κ3) is 5.82. The van der Waals surface area contributed by atoms with E-state index >= 15 is 0 Å². The lowest BCUT2D eigenvalue weighted by atomic mass is 9.85. The first kappa shape index (κ1) is 25.0. The van der Waals surface area contributed by atoms with Gasteiger partial charge in [0, 0.05) is 31.1 Å². The van der Waals surface area contributed by atoms with E-state index in [-0.39, 0.29) is 60.9 Å². The molecule has 0 saturated carbocycles. The Morgan fingerprint density at radius 1 is 1.09 bits per heavy atom. The molecule has 1 heterocycles. The molecule has 0 radical (unpaired) electrons. The molecule has 3 atom stereocenters. The van der Waals surface area contributed by atoms with Gasteiger partial charge in [0.15, 0.2) is 0 Å². The summed E-state index contributed by atoms with van der Waals surface area (Å²) in [5.74, 6) is -1.34. The van der Waals surface area contributed by atoms with E-state index in [1.165, 1.54) is 9.80 Å². The lowest BCUT2D eigenvalue weighted by molar-refractivity contribution is -0.143. The van der Waals surface area contributed by atoms with Gasteiger partial charge in [0.25, 0.3) is 0 Å². The number of benzene rings is 1. The zero-order chi connectivity index (χ0) is 24.1. The van der Waals surface area contributed by atoms with Gasteiger partial charge in [-0.1, -0.05) is 55.8 Å². The van der Waals surface area contributed by atoms with Gasteiger partial charge in [-0.15, -0.1) is 0 Å². The zero-order valence-electron chi connectivity index (χ0n) is 19.4. The number of imide groups is 1. The molecule has 4 amide bonds. The van der Waals surface area contributed by atoms with Gasteiger partial charge >= 0.3 is 0 Å². The molecule has 1 aliphatic carbocycles. The van der Waals surface area contributed by atoms with E-state index in [1.807, 2.05) is 38.1 Å². The topological polar surface area (TPSA) is 86.8 Å². The Morgan fingerprint density at radius 2 is 1.70 bits per heavy atom. The highest BCUT2D eigenvalue weighted by Gasteiger charge is 2.47. The number of amides is 4. The number of rotatable bonds is 9. The van der Waals surface area contributed by atoms with E-state index in [1.54, 1.807) is 19.1 Å². The quantitative estimate of drug-likeness (QED) is 0.441. The number of carbonyl (C=O) groups excluding carboxylic acids is 4. The van der Waals surface area contributed by atoms with Gasteiger partial charge in [-0.2, -0.15) is 0 Å². The third-order valence-corrected chi connectivity index (χ3v) is 6.67. The molecule has 1 saturated heterocycles. The van der Waals surface area contributed by atoms with Crippen molar-refractivity contribution in [1.82, 2.24) is 15.1 Å². The average molecular weight is 474 g/mol. The molecular formula is C25H32ClN3O4. The molecule has 3 rings (SSSR count). The molecule has 1 aromatic rings. The first-order chi connectivity index (χ1) is 15.7. The zero-order valence-corrected chi connectivity index (χ0v) is 20.2. The molecule has 8 heteroatoms. The fourth-order valence-electron chi connectivity index (χ4n) is 4.29. The van der Waals surface area contributed by atoms with Crippen LogP contribution in [0.1, 0.15) is 45.6 Å². The predicted molar refractivity (Wildman–Crippen MR) is 126 cm³/mol. The highest BCUT2D eigenvalue weighted by molar-refractivity contribution is 6.31. The van der Waals surface area contributed by atoms with Crippen molar-refractivity contribution in [3.8, 4) is 0 Å². The highest BCUT2D eigenvalue weighted by Crippen LogP contribution is 2.35. The number of carbonyl (C=O) groups is 4. The van der Waals surface area contributed by atoms with Gasteiger partial charge in [-0.3, -0.25) is 24.1 Å². The number of hydrogen-bond donors (Lipinski definition) is 1. The summed E-state index contributed by atoms with van der Waals surface area (Å²) in [6.07, 6.45) is 4.95. The number of nitrogens with zero attached hydrogens (tertiary/aromatic N) is 2. The highest BCUT2D eigenvalue weighted by atomic mass is 35.5. The maximum atomic E-state index is 13.3. The molecule has 2 aliphatic rings. The first-order valence-electron chi connectivity index (χ1n) is 11.5. The lowest BCUT2D eigenvalue weighted by Gasteiger charge is -2.30. The van der Waals surface area contributed by atoms with Gasteiger partial charge in [0.05, 0.1) is 11.8 Å². The summed E-state index contributed by atoms with van der Waals surface area (Å²) in [6.45, 7) is 6.35. The van der Waals surface area contributed by atoms with Crippen LogP contribution in [-0.4, -0.2) is 52.6 Å². The second kappa shape index (κ2) is 11.0. The predicted octanol–water partition coefficient (Wildman–Crippen LogP) is 3.17. The van der Waals surface area contributed by atoms with Crippen LogP contribution in [0, 0.1) is 17.8 Å². The molecule has 0 unspecified atom stereocenters. The lowest BCUT2D eigenvalue weighted by Crippen LogP contribution is -2.49. The molecule has 33 heavy (non-hydrogen) atoms. The minimum atomic E-state index is -0.732. The molecule has 7 nitrogen and oxygen atoms in total. The summed E-state index contributed by atoms with van der Waals surface area (Å²) in [5.41, 5.74) is 0.724. The number of likely N-dealkylation sites (tertiary alicyclic amines) is 1. The molecule has 1 fully saturated rings. The van der Waals surface area contributed by atoms with E-state index < -0.39 is 6.04 Å². The van der Waals surface area contributed by atoms with Crippen molar-refractivity contribution < 1.29 is 19.2 Å². The van der Waals surface area contributed by atoms with Crippen LogP contribution in [0.2, 0.25) is 5.02 Å². The fraction of sp³-hybridized carbons (Fsp3) is 0.520. The van der Waals surface area contributed by atoms with E-state index in [9.17, 15) is 19.2 Å². The summed E-state index contributed by atoms with van der Waals surface area (Å²) >= 11 is 6.31. The van der Waals surface area contributed by atoms with Crippen molar-refractivity contribution in [2.24, 2.45) is 17.8 Å². The first-order valence-corrected chi connectivity index (χ1v) is 11.9. The van der Waals surface area contributed by atoms with Crippen LogP contribution in [-0.2, 0) is 25.7 Å². The Bertz CT molecular complexity index is 919. The second-order valence-corrected chi connectivity index (χ2v) is 9.57. The van der Waals surface area contributed by atoms with Gasteiger partial charge in [0.1, 0.15) is 6.04 Å². The Kier molecular flexibility index (Phi) is 8.30. The van der Waals surface area contributed by atoms with Crippen molar-refractivity contribution in [2.45, 2.75) is 52.6 Å². The van der Waals surface area contributed by atoms with Crippen LogP contribution >= 0.6 is 11.6 Å². The van der Waals surface area contributed by atoms with Crippen LogP contribution in [0.4, 0.5) is 0 Å². The fourth-order valence-corrected chi connectivity index (χ4v) is 4.48. The Balaban J connectivity index is 1.71. The third-order valence-electron chi connectivity index (χ3n) is 6.30. The summed E-state index contributed by atoms with van der Waals surface area (Å²) in [4.78, 5) is 54.1. The molecular weight excluding hydrogens is 442 g/mol. The Hall–Kier alpha value is -2.67. The van der Waals surface area contributed by atoms with Crippen LogP contribution in [0.15, 0.2) is 36.4 Å². The molecule has 0 spiro atoms. The minimum Gasteiger partial charge on any atom is -0.354 e. The van der Waals surface area contributed by atoms with E-state index in [2.05, 4.69) is 5.32 Å². The number of halogens is 1. The van der Waals surface area contributed by atoms with Crippen molar-refractivity contribution >= 4 is 35.2 Å². The largest absolute Gasteiger partial charge is 0.354 e. The summed E-state index contributed by atoms with van der Waals surface area (Å²) in [5, 5.41) is 3.38. The van der Waals surface area contributed by atoms with Gasteiger partial charge in [-0.05, 0) is 37.3 Å². The van der Waals surface area contributed by atoms with E-state index in [4.69, 9.17) is 11.6 Å². The standard InChI is InChI=1S/C25H32ClN3O4/c1-16(2)14-27-23(31)17(3)29(15-18-8-4-7-11-21(18)26)22(30)12-13-28-24(32)19-9-5-6-10-20(19)25(28)33/h4-8,11,16-17,19-20H,9-10,12-15H2,1-3H3,(H,27,31)/t17-,19-,20+/m1/s1. The molecule has 178 valence electrons. The normalized spacial score (nSPS) is 20.7. The maximum Gasteiger partial charge on any atom is 0.242 e. The minimum absolute atomic E-state index is 0.0167. The number of nitrogens with one attached hydrogen (secondary N) is 1. The summed E-state index contributed by atoms with van der Waals surface area (Å²) in [6, 6.07) is 6.44. The van der Waals surface area contributed by atoms with Crippen LogP contribution in [0.5, 0.6) is 0 Å². The average Bonchev–Trinajstić information content (AvgIpc) is 3.04. The SMILES string of the molecule is CC(C)CNC(=O)[C@@H](C)N(Cc1ccccc1Cl)C(=O)CCN1C(=O)[C@H]2CC=CC[C@H]2C1=O. The van der Waals surface area contributed by atoms with Gasteiger partial charge in [0.2, 0.25) is 23.6 Å². The summed E-state index contributed by atoms with van der Waals surface area (Å²) in [7, 11) is 0. The van der Waals surface area contributed by atoms with Crippen molar-refractivity contribution in [3.63, 3.8) is 0 Å². The summed E-state index contributed by atoms with van der Waals surface area (Å²) < 4.78 is 0. The second-order valence-electron chi connectivity index (χ2n) is 9.16. The van der Waals surface area contributed by atoms with Crippen molar-refractivity contribution in [1.29, 1.82) is 0 Å². The van der Waals surface area contributed by atoms with Crippen molar-refractivity contribution in [3.05, 3.63) is 47.0 Å². The van der Waals surface area contributed by atoms with Crippen LogP contribution < -0.4 is 5.32 Å². The number of allylic oxidation sites excluding steroid dienone is 2. The number of fused-ring (bicyclic) bond motifs is 1. The van der Waals surface area contributed by atoms with E-state index in [0.717, 1.165) is 5.56 Å². The Labute approximate surface area is 200 Å². The molecule has 0 aromatic heterocycles. The van der Waals surface area contributed by atoms with Crippen LogP contribution in [0.25, 0.3) is 0 Å². The van der Waals surface area contributed by atoms with E-state index in [0.29, 0.717) is 24.4 Å². The van der Waals surface area contributed by atoms with Gasteiger partial charge < -0.3 is 10.2 Å². The Morgan fingerprint density at radius 3 is 2.27 bits per heavy atom.